The van der Waals surface area contributed by atoms with E-state index < -0.39 is 26.6 Å². The van der Waals surface area contributed by atoms with Gasteiger partial charge in [-0.1, -0.05) is 6.92 Å². The van der Waals surface area contributed by atoms with E-state index in [4.69, 9.17) is 5.14 Å². The second-order valence-corrected chi connectivity index (χ2v) is 6.86. The summed E-state index contributed by atoms with van der Waals surface area (Å²) in [4.78, 5) is 11.3. The van der Waals surface area contributed by atoms with Gasteiger partial charge in [-0.15, -0.1) is 0 Å². The van der Waals surface area contributed by atoms with Crippen LogP contribution in [0.4, 0.5) is 4.39 Å². The minimum Gasteiger partial charge on any atom is -0.352 e. The fourth-order valence-corrected chi connectivity index (χ4v) is 2.79. The second kappa shape index (κ2) is 5.14. The van der Waals surface area contributed by atoms with E-state index in [1.165, 1.54) is 13.0 Å². The highest BCUT2D eigenvalue weighted by molar-refractivity contribution is 7.89. The molecule has 0 spiro atoms. The molecule has 1 aromatic rings. The van der Waals surface area contributed by atoms with E-state index in [0.717, 1.165) is 12.5 Å². The highest BCUT2D eigenvalue weighted by Crippen LogP contribution is 2.36. The van der Waals surface area contributed by atoms with Crippen LogP contribution in [0.1, 0.15) is 29.3 Å². The number of hydrogen-bond donors (Lipinski definition) is 2. The summed E-state index contributed by atoms with van der Waals surface area (Å²) >= 11 is 0. The average molecular weight is 300 g/mol. The lowest BCUT2D eigenvalue weighted by molar-refractivity contribution is 0.0951. The zero-order chi connectivity index (χ0) is 15.1. The number of carbonyl (C=O) groups excluding carboxylic acids is 1. The molecule has 1 aromatic carbocycles. The third kappa shape index (κ3) is 3.16. The maximum atomic E-state index is 13.7. The van der Waals surface area contributed by atoms with Crippen LogP contribution in [-0.4, -0.2) is 20.9 Å². The minimum atomic E-state index is -4.19. The van der Waals surface area contributed by atoms with Gasteiger partial charge in [-0.25, -0.2) is 17.9 Å². The number of hydrogen-bond acceptors (Lipinski definition) is 3. The molecule has 0 aliphatic heterocycles. The summed E-state index contributed by atoms with van der Waals surface area (Å²) in [5.41, 5.74) is 0.169. The van der Waals surface area contributed by atoms with Crippen molar-refractivity contribution < 1.29 is 17.6 Å². The molecule has 0 radical (unpaired) electrons. The Hall–Kier alpha value is -1.47. The Morgan fingerprint density at radius 1 is 1.50 bits per heavy atom. The van der Waals surface area contributed by atoms with Gasteiger partial charge >= 0.3 is 0 Å². The van der Waals surface area contributed by atoms with Gasteiger partial charge < -0.3 is 5.32 Å². The van der Waals surface area contributed by atoms with Crippen molar-refractivity contribution in [2.75, 3.05) is 6.54 Å². The third-order valence-corrected chi connectivity index (χ3v) is 4.50. The maximum absolute atomic E-state index is 13.7. The highest BCUT2D eigenvalue weighted by atomic mass is 32.2. The van der Waals surface area contributed by atoms with E-state index in [0.29, 0.717) is 18.4 Å². The lowest BCUT2D eigenvalue weighted by Gasteiger charge is -2.09. The van der Waals surface area contributed by atoms with Crippen LogP contribution in [0.5, 0.6) is 0 Å². The number of nitrogens with one attached hydrogen (secondary N) is 1. The molecular formula is C13H17FN2O3S. The number of amides is 1. The van der Waals surface area contributed by atoms with Gasteiger partial charge in [0.15, 0.2) is 0 Å². The molecule has 0 aromatic heterocycles. The second-order valence-electron chi connectivity index (χ2n) is 5.33. The molecule has 20 heavy (non-hydrogen) atoms. The van der Waals surface area contributed by atoms with Crippen molar-refractivity contribution in [1.29, 1.82) is 0 Å². The van der Waals surface area contributed by atoms with Crippen LogP contribution in [-0.2, 0) is 10.0 Å². The zero-order valence-electron chi connectivity index (χ0n) is 11.3. The third-order valence-electron chi connectivity index (χ3n) is 3.59. The molecule has 2 unspecified atom stereocenters. The standard InChI is InChI=1S/C13H17FN2O3S/c1-7-3-10(7)6-16-13(17)9-4-8(2)12(14)11(5-9)20(15,18)19/h4-5,7,10H,3,6H2,1-2H3,(H,16,17)(H2,15,18,19). The summed E-state index contributed by atoms with van der Waals surface area (Å²) < 4.78 is 36.3. The molecule has 110 valence electrons. The topological polar surface area (TPSA) is 89.3 Å². The van der Waals surface area contributed by atoms with Crippen LogP contribution in [0, 0.1) is 24.6 Å². The van der Waals surface area contributed by atoms with E-state index in [1.807, 2.05) is 0 Å². The van der Waals surface area contributed by atoms with Gasteiger partial charge in [0.25, 0.3) is 5.91 Å². The fraction of sp³-hybridized carbons (Fsp3) is 0.462. The van der Waals surface area contributed by atoms with Crippen molar-refractivity contribution in [3.05, 3.63) is 29.1 Å². The molecule has 1 amide bonds. The number of benzene rings is 1. The number of nitrogens with two attached hydrogens (primary N) is 1. The van der Waals surface area contributed by atoms with Crippen LogP contribution in [0.2, 0.25) is 0 Å². The monoisotopic (exact) mass is 300 g/mol. The van der Waals surface area contributed by atoms with Crippen molar-refractivity contribution >= 4 is 15.9 Å². The molecule has 0 heterocycles. The largest absolute Gasteiger partial charge is 0.352 e. The molecular weight excluding hydrogens is 283 g/mol. The van der Waals surface area contributed by atoms with Gasteiger partial charge in [-0.2, -0.15) is 0 Å². The summed E-state index contributed by atoms with van der Waals surface area (Å²) in [6.07, 6.45) is 1.07. The van der Waals surface area contributed by atoms with Gasteiger partial charge in [-0.3, -0.25) is 4.79 Å². The molecule has 1 fully saturated rings. The van der Waals surface area contributed by atoms with Crippen molar-refractivity contribution in [1.82, 2.24) is 5.32 Å². The van der Waals surface area contributed by atoms with Crippen molar-refractivity contribution in [3.63, 3.8) is 0 Å². The Bertz CT molecular complexity index is 658. The number of aryl methyl sites for hydroxylation is 1. The van der Waals surface area contributed by atoms with E-state index in [1.54, 1.807) is 0 Å². The maximum Gasteiger partial charge on any atom is 0.251 e. The highest BCUT2D eigenvalue weighted by Gasteiger charge is 2.32. The predicted molar refractivity (Wildman–Crippen MR) is 72.1 cm³/mol. The Kier molecular flexibility index (Phi) is 3.84. The molecule has 5 nitrogen and oxygen atoms in total. The predicted octanol–water partition coefficient (Wildman–Crippen LogP) is 1.17. The average Bonchev–Trinajstić information content (AvgIpc) is 3.04. The molecule has 7 heteroatoms. The van der Waals surface area contributed by atoms with Gasteiger partial charge in [0.2, 0.25) is 10.0 Å². The normalized spacial score (nSPS) is 21.6. The van der Waals surface area contributed by atoms with Gasteiger partial charge in [0.1, 0.15) is 10.7 Å². The summed E-state index contributed by atoms with van der Waals surface area (Å²) in [5, 5.41) is 7.67. The zero-order valence-corrected chi connectivity index (χ0v) is 12.1. The Balaban J connectivity index is 2.23. The van der Waals surface area contributed by atoms with E-state index in [-0.39, 0.29) is 11.1 Å². The first-order valence-electron chi connectivity index (χ1n) is 6.31. The first-order chi connectivity index (χ1) is 9.20. The van der Waals surface area contributed by atoms with Gasteiger partial charge in [0.05, 0.1) is 0 Å². The number of sulfonamides is 1. The van der Waals surface area contributed by atoms with E-state index in [2.05, 4.69) is 12.2 Å². The number of primary sulfonamides is 1. The van der Waals surface area contributed by atoms with Crippen molar-refractivity contribution in [2.24, 2.45) is 17.0 Å². The number of halogens is 1. The molecule has 0 bridgehead atoms. The van der Waals surface area contributed by atoms with Crippen LogP contribution in [0.15, 0.2) is 17.0 Å². The minimum absolute atomic E-state index is 0.0708. The summed E-state index contributed by atoms with van der Waals surface area (Å²) in [5.74, 6) is -0.264. The fourth-order valence-electron chi connectivity index (χ4n) is 2.08. The summed E-state index contributed by atoms with van der Waals surface area (Å²) in [7, 11) is -4.19. The summed E-state index contributed by atoms with van der Waals surface area (Å²) in [6.45, 7) is 4.03. The molecule has 2 atom stereocenters. The Labute approximate surface area is 117 Å². The first-order valence-corrected chi connectivity index (χ1v) is 7.86. The van der Waals surface area contributed by atoms with Gasteiger partial charge in [-0.05, 0) is 42.9 Å². The first kappa shape index (κ1) is 14.9. The smallest absolute Gasteiger partial charge is 0.251 e. The van der Waals surface area contributed by atoms with E-state index >= 15 is 0 Å². The molecule has 2 rings (SSSR count). The molecule has 1 saturated carbocycles. The van der Waals surface area contributed by atoms with Crippen LogP contribution >= 0.6 is 0 Å². The van der Waals surface area contributed by atoms with Crippen molar-refractivity contribution in [3.8, 4) is 0 Å². The molecule has 1 aliphatic rings. The Morgan fingerprint density at radius 2 is 2.10 bits per heavy atom. The SMILES string of the molecule is Cc1cc(C(=O)NCC2CC2C)cc(S(N)(=O)=O)c1F. The Morgan fingerprint density at radius 3 is 2.60 bits per heavy atom. The number of carbonyl (C=O) groups is 1. The lowest BCUT2D eigenvalue weighted by atomic mass is 10.1. The van der Waals surface area contributed by atoms with Gasteiger partial charge in [0, 0.05) is 12.1 Å². The molecule has 0 saturated heterocycles. The van der Waals surface area contributed by atoms with Crippen molar-refractivity contribution in [2.45, 2.75) is 25.2 Å². The lowest BCUT2D eigenvalue weighted by Crippen LogP contribution is -2.26. The quantitative estimate of drug-likeness (QED) is 0.874. The van der Waals surface area contributed by atoms with Crippen LogP contribution in [0.3, 0.4) is 0 Å². The van der Waals surface area contributed by atoms with Crippen LogP contribution < -0.4 is 10.5 Å². The van der Waals surface area contributed by atoms with Crippen LogP contribution in [0.25, 0.3) is 0 Å². The van der Waals surface area contributed by atoms with E-state index in [9.17, 15) is 17.6 Å². The number of rotatable bonds is 4. The summed E-state index contributed by atoms with van der Waals surface area (Å²) in [6, 6.07) is 2.29. The molecule has 3 N–H and O–H groups in total. The molecule has 1 aliphatic carbocycles.